The average Bonchev–Trinajstić information content (AvgIpc) is 2.81. The number of nitrogens with zero attached hydrogens (tertiary/aromatic N) is 3. The molecule has 0 aliphatic rings. The van der Waals surface area contributed by atoms with E-state index in [4.69, 9.17) is 5.73 Å². The highest BCUT2D eigenvalue weighted by atomic mass is 15.0. The first-order chi connectivity index (χ1) is 8.26. The van der Waals surface area contributed by atoms with Crippen LogP contribution in [0.1, 0.15) is 30.8 Å². The lowest BCUT2D eigenvalue weighted by molar-refractivity contribution is 0.639. The van der Waals surface area contributed by atoms with Crippen LogP contribution in [0.2, 0.25) is 0 Å². The third-order valence-electron chi connectivity index (χ3n) is 2.90. The maximum Gasteiger partial charge on any atom is 0.110 e. The minimum Gasteiger partial charge on any atom is -0.340 e. The Morgan fingerprint density at radius 3 is 2.71 bits per heavy atom. The SMILES string of the molecule is CCC(CN)c1ncc(-c2nccnc2C)[nH]1. The molecule has 0 radical (unpaired) electrons. The molecule has 0 aliphatic heterocycles. The number of imidazole rings is 1. The molecule has 3 N–H and O–H groups in total. The van der Waals surface area contributed by atoms with Crippen LogP contribution in [0.25, 0.3) is 11.4 Å². The summed E-state index contributed by atoms with van der Waals surface area (Å²) in [7, 11) is 0. The van der Waals surface area contributed by atoms with Crippen LogP contribution in [0.5, 0.6) is 0 Å². The minimum atomic E-state index is 0.278. The largest absolute Gasteiger partial charge is 0.340 e. The van der Waals surface area contributed by atoms with Crippen LogP contribution in [0.15, 0.2) is 18.6 Å². The normalized spacial score (nSPS) is 12.6. The van der Waals surface area contributed by atoms with Gasteiger partial charge < -0.3 is 10.7 Å². The van der Waals surface area contributed by atoms with Gasteiger partial charge in [0.1, 0.15) is 11.5 Å². The first-order valence-corrected chi connectivity index (χ1v) is 5.79. The Hall–Kier alpha value is -1.75. The second kappa shape index (κ2) is 5.05. The fourth-order valence-electron chi connectivity index (χ4n) is 1.81. The van der Waals surface area contributed by atoms with Crippen molar-refractivity contribution in [2.24, 2.45) is 5.73 Å². The molecule has 0 amide bonds. The summed E-state index contributed by atoms with van der Waals surface area (Å²) in [6.45, 7) is 4.64. The van der Waals surface area contributed by atoms with Crippen molar-refractivity contribution in [1.29, 1.82) is 0 Å². The number of nitrogens with one attached hydrogen (secondary N) is 1. The van der Waals surface area contributed by atoms with Gasteiger partial charge in [-0.1, -0.05) is 6.92 Å². The quantitative estimate of drug-likeness (QED) is 0.838. The van der Waals surface area contributed by atoms with Gasteiger partial charge in [0.25, 0.3) is 0 Å². The Kier molecular flexibility index (Phi) is 3.49. The summed E-state index contributed by atoms with van der Waals surface area (Å²) in [5, 5.41) is 0. The average molecular weight is 231 g/mol. The number of aryl methyl sites for hydroxylation is 1. The molecule has 5 nitrogen and oxygen atoms in total. The molecule has 2 aromatic heterocycles. The van der Waals surface area contributed by atoms with Crippen molar-refractivity contribution in [1.82, 2.24) is 19.9 Å². The number of H-pyrrole nitrogens is 1. The summed E-state index contributed by atoms with van der Waals surface area (Å²) in [6, 6.07) is 0. The smallest absolute Gasteiger partial charge is 0.110 e. The van der Waals surface area contributed by atoms with Crippen LogP contribution in [0.4, 0.5) is 0 Å². The molecule has 2 heterocycles. The van der Waals surface area contributed by atoms with Gasteiger partial charge in [-0.05, 0) is 13.3 Å². The van der Waals surface area contributed by atoms with E-state index >= 15 is 0 Å². The molecule has 0 aromatic carbocycles. The predicted octanol–water partition coefficient (Wildman–Crippen LogP) is 1.63. The van der Waals surface area contributed by atoms with Gasteiger partial charge in [-0.15, -0.1) is 0 Å². The van der Waals surface area contributed by atoms with Crippen molar-refractivity contribution >= 4 is 0 Å². The van der Waals surface area contributed by atoms with Crippen molar-refractivity contribution in [3.8, 4) is 11.4 Å². The van der Waals surface area contributed by atoms with Crippen LogP contribution in [-0.4, -0.2) is 26.5 Å². The van der Waals surface area contributed by atoms with Crippen molar-refractivity contribution in [2.75, 3.05) is 6.54 Å². The van der Waals surface area contributed by atoms with Gasteiger partial charge in [0, 0.05) is 24.9 Å². The van der Waals surface area contributed by atoms with Crippen LogP contribution in [0, 0.1) is 6.92 Å². The predicted molar refractivity (Wildman–Crippen MR) is 66.4 cm³/mol. The first-order valence-electron chi connectivity index (χ1n) is 5.79. The molecule has 0 spiro atoms. The number of aromatic nitrogens is 4. The summed E-state index contributed by atoms with van der Waals surface area (Å²) in [4.78, 5) is 16.2. The van der Waals surface area contributed by atoms with Crippen LogP contribution in [-0.2, 0) is 0 Å². The van der Waals surface area contributed by atoms with E-state index in [-0.39, 0.29) is 5.92 Å². The van der Waals surface area contributed by atoms with Gasteiger partial charge in [-0.2, -0.15) is 0 Å². The third-order valence-corrected chi connectivity index (χ3v) is 2.90. The lowest BCUT2D eigenvalue weighted by Crippen LogP contribution is -2.12. The van der Waals surface area contributed by atoms with E-state index in [9.17, 15) is 0 Å². The van der Waals surface area contributed by atoms with Crippen molar-refractivity contribution in [2.45, 2.75) is 26.2 Å². The Bertz CT molecular complexity index is 487. The van der Waals surface area contributed by atoms with E-state index in [1.807, 2.05) is 6.92 Å². The summed E-state index contributed by atoms with van der Waals surface area (Å²) in [6.07, 6.45) is 6.14. The second-order valence-corrected chi connectivity index (χ2v) is 4.01. The molecule has 0 saturated heterocycles. The summed E-state index contributed by atoms with van der Waals surface area (Å²) < 4.78 is 0. The molecule has 1 atom stereocenters. The van der Waals surface area contributed by atoms with E-state index in [1.54, 1.807) is 18.6 Å². The topological polar surface area (TPSA) is 80.5 Å². The Morgan fingerprint density at radius 1 is 1.29 bits per heavy atom. The Labute approximate surface area is 101 Å². The Balaban J connectivity index is 2.33. The van der Waals surface area contributed by atoms with Gasteiger partial charge in [-0.3, -0.25) is 9.97 Å². The number of aromatic amines is 1. The van der Waals surface area contributed by atoms with Gasteiger partial charge in [0.05, 0.1) is 17.6 Å². The highest BCUT2D eigenvalue weighted by Gasteiger charge is 2.13. The van der Waals surface area contributed by atoms with Crippen LogP contribution >= 0.6 is 0 Å². The molecule has 2 rings (SSSR count). The van der Waals surface area contributed by atoms with Crippen molar-refractivity contribution in [3.63, 3.8) is 0 Å². The highest BCUT2D eigenvalue weighted by molar-refractivity contribution is 5.55. The van der Waals surface area contributed by atoms with E-state index in [0.29, 0.717) is 6.54 Å². The fraction of sp³-hybridized carbons (Fsp3) is 0.417. The number of hydrogen-bond donors (Lipinski definition) is 2. The minimum absolute atomic E-state index is 0.278. The van der Waals surface area contributed by atoms with E-state index in [2.05, 4.69) is 26.9 Å². The lowest BCUT2D eigenvalue weighted by Gasteiger charge is -2.07. The standard InChI is InChI=1S/C12H17N5/c1-3-9(6-13)12-16-7-10(17-12)11-8(2)14-4-5-15-11/h4-5,7,9H,3,6,13H2,1-2H3,(H,16,17). The summed E-state index contributed by atoms with van der Waals surface area (Å²) in [5.41, 5.74) is 8.34. The van der Waals surface area contributed by atoms with E-state index < -0.39 is 0 Å². The molecule has 0 aliphatic carbocycles. The molecule has 90 valence electrons. The lowest BCUT2D eigenvalue weighted by atomic mass is 10.1. The van der Waals surface area contributed by atoms with Gasteiger partial charge in [0.2, 0.25) is 0 Å². The number of rotatable bonds is 4. The van der Waals surface area contributed by atoms with E-state index in [0.717, 1.165) is 29.3 Å². The third kappa shape index (κ3) is 2.34. The molecule has 0 fully saturated rings. The molecule has 2 aromatic rings. The van der Waals surface area contributed by atoms with E-state index in [1.165, 1.54) is 0 Å². The van der Waals surface area contributed by atoms with Gasteiger partial charge in [-0.25, -0.2) is 4.98 Å². The molecule has 0 bridgehead atoms. The maximum absolute atomic E-state index is 5.71. The van der Waals surface area contributed by atoms with Crippen molar-refractivity contribution < 1.29 is 0 Å². The fourth-order valence-corrected chi connectivity index (χ4v) is 1.81. The molecule has 1 unspecified atom stereocenters. The number of hydrogen-bond acceptors (Lipinski definition) is 4. The van der Waals surface area contributed by atoms with Gasteiger partial charge in [0.15, 0.2) is 0 Å². The summed E-state index contributed by atoms with van der Waals surface area (Å²) in [5.74, 6) is 1.20. The molecule has 17 heavy (non-hydrogen) atoms. The van der Waals surface area contributed by atoms with Crippen LogP contribution < -0.4 is 5.73 Å². The number of nitrogens with two attached hydrogens (primary N) is 1. The molecular formula is C12H17N5. The monoisotopic (exact) mass is 231 g/mol. The highest BCUT2D eigenvalue weighted by Crippen LogP contribution is 2.21. The van der Waals surface area contributed by atoms with Crippen molar-refractivity contribution in [3.05, 3.63) is 30.1 Å². The van der Waals surface area contributed by atoms with Crippen LogP contribution in [0.3, 0.4) is 0 Å². The Morgan fingerprint density at radius 2 is 2.06 bits per heavy atom. The maximum atomic E-state index is 5.71. The zero-order valence-corrected chi connectivity index (χ0v) is 10.1. The molecule has 0 saturated carbocycles. The second-order valence-electron chi connectivity index (χ2n) is 4.01. The molecule has 5 heteroatoms. The first kappa shape index (κ1) is 11.7. The zero-order valence-electron chi connectivity index (χ0n) is 10.1. The van der Waals surface area contributed by atoms with Gasteiger partial charge >= 0.3 is 0 Å². The summed E-state index contributed by atoms with van der Waals surface area (Å²) >= 11 is 0. The zero-order chi connectivity index (χ0) is 12.3. The molecular weight excluding hydrogens is 214 g/mol.